The monoisotopic (exact) mass is 249 g/mol. The van der Waals surface area contributed by atoms with E-state index in [-0.39, 0.29) is 0 Å². The molecule has 2 rings (SSSR count). The minimum atomic E-state index is 0.405. The maximum atomic E-state index is 5.69. The van der Waals surface area contributed by atoms with Crippen molar-refractivity contribution in [3.8, 4) is 5.75 Å². The summed E-state index contributed by atoms with van der Waals surface area (Å²) in [6.07, 6.45) is 0. The van der Waals surface area contributed by atoms with Crippen molar-refractivity contribution in [2.45, 2.75) is 25.8 Å². The van der Waals surface area contributed by atoms with Crippen molar-refractivity contribution in [1.82, 2.24) is 5.32 Å². The van der Waals surface area contributed by atoms with Crippen molar-refractivity contribution < 1.29 is 9.47 Å². The van der Waals surface area contributed by atoms with Crippen LogP contribution in [0.2, 0.25) is 0 Å². The molecule has 0 aliphatic carbocycles. The number of methoxy groups -OCH3 is 1. The summed E-state index contributed by atoms with van der Waals surface area (Å²) in [4.78, 5) is 0. The molecule has 0 aromatic heterocycles. The molecule has 2 atom stereocenters. The van der Waals surface area contributed by atoms with Gasteiger partial charge in [-0.1, -0.05) is 32.0 Å². The van der Waals surface area contributed by atoms with Crippen LogP contribution in [0.1, 0.15) is 25.3 Å². The predicted octanol–water partition coefficient (Wildman–Crippen LogP) is 2.42. The van der Waals surface area contributed by atoms with Gasteiger partial charge in [0.25, 0.3) is 0 Å². The first-order valence-electron chi connectivity index (χ1n) is 6.66. The molecule has 0 radical (unpaired) electrons. The maximum Gasteiger partial charge on any atom is 0.122 e. The number of fused-ring (bicyclic) bond motifs is 1. The zero-order chi connectivity index (χ0) is 13.0. The Morgan fingerprint density at radius 1 is 1.39 bits per heavy atom. The van der Waals surface area contributed by atoms with Gasteiger partial charge in [-0.3, -0.25) is 0 Å². The van der Waals surface area contributed by atoms with Crippen LogP contribution >= 0.6 is 0 Å². The van der Waals surface area contributed by atoms with Crippen molar-refractivity contribution in [3.63, 3.8) is 0 Å². The highest BCUT2D eigenvalue weighted by molar-refractivity contribution is 5.39. The van der Waals surface area contributed by atoms with Gasteiger partial charge < -0.3 is 14.8 Å². The zero-order valence-electron chi connectivity index (χ0n) is 11.5. The second-order valence-electron chi connectivity index (χ2n) is 5.26. The Balaban J connectivity index is 1.91. The van der Waals surface area contributed by atoms with Crippen molar-refractivity contribution in [2.75, 3.05) is 26.9 Å². The SMILES string of the molecule is COCC(NCC1COc2ccccc21)C(C)C. The van der Waals surface area contributed by atoms with Crippen molar-refractivity contribution in [3.05, 3.63) is 29.8 Å². The van der Waals surface area contributed by atoms with Gasteiger partial charge in [0, 0.05) is 31.2 Å². The highest BCUT2D eigenvalue weighted by Gasteiger charge is 2.24. The quantitative estimate of drug-likeness (QED) is 0.840. The first-order valence-corrected chi connectivity index (χ1v) is 6.66. The number of nitrogens with one attached hydrogen (secondary N) is 1. The fourth-order valence-electron chi connectivity index (χ4n) is 2.36. The summed E-state index contributed by atoms with van der Waals surface area (Å²) in [5.74, 6) is 2.07. The molecule has 3 nitrogen and oxygen atoms in total. The topological polar surface area (TPSA) is 30.5 Å². The van der Waals surface area contributed by atoms with Gasteiger partial charge in [0.2, 0.25) is 0 Å². The lowest BCUT2D eigenvalue weighted by molar-refractivity contribution is 0.145. The third-order valence-corrected chi connectivity index (χ3v) is 3.58. The second kappa shape index (κ2) is 6.21. The van der Waals surface area contributed by atoms with Crippen LogP contribution in [0, 0.1) is 5.92 Å². The van der Waals surface area contributed by atoms with Crippen LogP contribution in [0.5, 0.6) is 5.75 Å². The normalized spacial score (nSPS) is 19.7. The molecule has 0 bridgehead atoms. The Bertz CT molecular complexity index is 379. The van der Waals surface area contributed by atoms with E-state index >= 15 is 0 Å². The fourth-order valence-corrected chi connectivity index (χ4v) is 2.36. The van der Waals surface area contributed by atoms with Crippen LogP contribution in [0.3, 0.4) is 0 Å². The van der Waals surface area contributed by atoms with Crippen LogP contribution in [-0.4, -0.2) is 32.9 Å². The average Bonchev–Trinajstić information content (AvgIpc) is 2.77. The largest absolute Gasteiger partial charge is 0.493 e. The Morgan fingerprint density at radius 2 is 2.17 bits per heavy atom. The Kier molecular flexibility index (Phi) is 4.61. The van der Waals surface area contributed by atoms with Crippen LogP contribution in [-0.2, 0) is 4.74 Å². The van der Waals surface area contributed by atoms with Gasteiger partial charge in [-0.25, -0.2) is 0 Å². The molecule has 0 saturated carbocycles. The van der Waals surface area contributed by atoms with Crippen LogP contribution in [0.15, 0.2) is 24.3 Å². The number of para-hydroxylation sites is 1. The van der Waals surface area contributed by atoms with E-state index in [1.165, 1.54) is 5.56 Å². The molecule has 1 heterocycles. The summed E-state index contributed by atoms with van der Waals surface area (Å²) in [6.45, 7) is 6.92. The molecule has 2 unspecified atom stereocenters. The summed E-state index contributed by atoms with van der Waals surface area (Å²) in [6, 6.07) is 8.72. The van der Waals surface area contributed by atoms with E-state index in [2.05, 4.69) is 31.3 Å². The molecule has 0 amide bonds. The third kappa shape index (κ3) is 3.03. The molecule has 100 valence electrons. The second-order valence-corrected chi connectivity index (χ2v) is 5.26. The van der Waals surface area contributed by atoms with E-state index in [1.54, 1.807) is 7.11 Å². The van der Waals surface area contributed by atoms with Gasteiger partial charge in [0.15, 0.2) is 0 Å². The minimum Gasteiger partial charge on any atom is -0.493 e. The lowest BCUT2D eigenvalue weighted by atomic mass is 9.99. The first-order chi connectivity index (χ1) is 8.72. The Morgan fingerprint density at radius 3 is 2.89 bits per heavy atom. The standard InChI is InChI=1S/C15H23NO2/c1-11(2)14(10-17-3)16-8-12-9-18-15-7-5-4-6-13(12)15/h4-7,11-12,14,16H,8-10H2,1-3H3. The number of hydrogen-bond acceptors (Lipinski definition) is 3. The van der Waals surface area contributed by atoms with Gasteiger partial charge in [-0.2, -0.15) is 0 Å². The van der Waals surface area contributed by atoms with E-state index < -0.39 is 0 Å². The highest BCUT2D eigenvalue weighted by atomic mass is 16.5. The van der Waals surface area contributed by atoms with Gasteiger partial charge >= 0.3 is 0 Å². The van der Waals surface area contributed by atoms with Gasteiger partial charge in [0.05, 0.1) is 13.2 Å². The summed E-state index contributed by atoms with van der Waals surface area (Å²) >= 11 is 0. The van der Waals surface area contributed by atoms with Crippen LogP contribution < -0.4 is 10.1 Å². The molecule has 1 N–H and O–H groups in total. The smallest absolute Gasteiger partial charge is 0.122 e. The summed E-state index contributed by atoms with van der Waals surface area (Å²) in [5, 5.41) is 3.60. The lowest BCUT2D eigenvalue weighted by Crippen LogP contribution is -2.40. The molecule has 1 aromatic carbocycles. The van der Waals surface area contributed by atoms with Gasteiger partial charge in [-0.05, 0) is 12.0 Å². The fraction of sp³-hybridized carbons (Fsp3) is 0.600. The van der Waals surface area contributed by atoms with Crippen molar-refractivity contribution in [2.24, 2.45) is 5.92 Å². The highest BCUT2D eigenvalue weighted by Crippen LogP contribution is 2.32. The van der Waals surface area contributed by atoms with Crippen molar-refractivity contribution in [1.29, 1.82) is 0 Å². The van der Waals surface area contributed by atoms with E-state index in [0.717, 1.165) is 25.5 Å². The minimum absolute atomic E-state index is 0.405. The van der Waals surface area contributed by atoms with Gasteiger partial charge in [0.1, 0.15) is 5.75 Å². The predicted molar refractivity (Wildman–Crippen MR) is 73.2 cm³/mol. The number of rotatable bonds is 6. The molecular weight excluding hydrogens is 226 g/mol. The molecule has 1 aliphatic rings. The van der Waals surface area contributed by atoms with E-state index in [1.807, 2.05) is 12.1 Å². The maximum absolute atomic E-state index is 5.69. The Hall–Kier alpha value is -1.06. The van der Waals surface area contributed by atoms with Crippen molar-refractivity contribution >= 4 is 0 Å². The molecule has 1 aromatic rings. The zero-order valence-corrected chi connectivity index (χ0v) is 11.5. The van der Waals surface area contributed by atoms with Crippen LogP contribution in [0.4, 0.5) is 0 Å². The average molecular weight is 249 g/mol. The molecule has 3 heteroatoms. The van der Waals surface area contributed by atoms with E-state index in [0.29, 0.717) is 17.9 Å². The molecule has 0 saturated heterocycles. The van der Waals surface area contributed by atoms with Gasteiger partial charge in [-0.15, -0.1) is 0 Å². The number of benzene rings is 1. The molecule has 1 aliphatic heterocycles. The van der Waals surface area contributed by atoms with Crippen LogP contribution in [0.25, 0.3) is 0 Å². The summed E-state index contributed by atoms with van der Waals surface area (Å²) < 4.78 is 10.9. The third-order valence-electron chi connectivity index (χ3n) is 3.58. The number of ether oxygens (including phenoxy) is 2. The summed E-state index contributed by atoms with van der Waals surface area (Å²) in [5.41, 5.74) is 1.32. The summed E-state index contributed by atoms with van der Waals surface area (Å²) in [7, 11) is 1.76. The molecular formula is C15H23NO2. The lowest BCUT2D eigenvalue weighted by Gasteiger charge is -2.23. The first kappa shape index (κ1) is 13.4. The molecule has 18 heavy (non-hydrogen) atoms. The molecule has 0 spiro atoms. The molecule has 0 fully saturated rings. The Labute approximate surface area is 109 Å². The van der Waals surface area contributed by atoms with E-state index in [9.17, 15) is 0 Å². The number of hydrogen-bond donors (Lipinski definition) is 1. The van der Waals surface area contributed by atoms with E-state index in [4.69, 9.17) is 9.47 Å².